The van der Waals surface area contributed by atoms with Gasteiger partial charge in [-0.2, -0.15) is 0 Å². The van der Waals surface area contributed by atoms with Crippen LogP contribution in [0, 0.1) is 0 Å². The number of anilines is 1. The molecule has 98 valence electrons. The van der Waals surface area contributed by atoms with Crippen LogP contribution in [0.3, 0.4) is 0 Å². The summed E-state index contributed by atoms with van der Waals surface area (Å²) < 4.78 is 10.7. The molecule has 0 saturated carbocycles. The van der Waals surface area contributed by atoms with Crippen LogP contribution in [0.4, 0.5) is 5.82 Å². The lowest BCUT2D eigenvalue weighted by Gasteiger charge is -2.23. The van der Waals surface area contributed by atoms with Crippen molar-refractivity contribution in [2.75, 3.05) is 31.7 Å². The standard InChI is InChI=1S/C11H13ClN2O4/c12-9-2-1-8(11(15)16)10(14-9)13-5-7-6-17-3-4-18-7/h1-2,7H,3-6H2,(H,13,14)(H,15,16). The van der Waals surface area contributed by atoms with Gasteiger partial charge in [-0.3, -0.25) is 0 Å². The average molecular weight is 273 g/mol. The van der Waals surface area contributed by atoms with Crippen LogP contribution in [-0.2, 0) is 9.47 Å². The number of ether oxygens (including phenoxy) is 2. The molecule has 0 aromatic carbocycles. The van der Waals surface area contributed by atoms with Crippen LogP contribution in [0.5, 0.6) is 0 Å². The van der Waals surface area contributed by atoms with Gasteiger partial charge in [-0.1, -0.05) is 11.6 Å². The van der Waals surface area contributed by atoms with Crippen molar-refractivity contribution in [3.63, 3.8) is 0 Å². The molecule has 1 aromatic rings. The Morgan fingerprint density at radius 3 is 3.06 bits per heavy atom. The van der Waals surface area contributed by atoms with Crippen molar-refractivity contribution in [2.45, 2.75) is 6.10 Å². The number of nitrogens with one attached hydrogen (secondary N) is 1. The zero-order valence-corrected chi connectivity index (χ0v) is 10.3. The zero-order chi connectivity index (χ0) is 13.0. The second kappa shape index (κ2) is 5.99. The minimum Gasteiger partial charge on any atom is -0.478 e. The normalized spacial score (nSPS) is 19.5. The van der Waals surface area contributed by atoms with Gasteiger partial charge in [0.05, 0.1) is 25.9 Å². The smallest absolute Gasteiger partial charge is 0.339 e. The summed E-state index contributed by atoms with van der Waals surface area (Å²) in [5.74, 6) is -0.813. The number of nitrogens with zero attached hydrogens (tertiary/aromatic N) is 1. The molecule has 1 saturated heterocycles. The Balaban J connectivity index is 2.03. The van der Waals surface area contributed by atoms with Gasteiger partial charge in [0.1, 0.15) is 16.5 Å². The van der Waals surface area contributed by atoms with Gasteiger partial charge in [-0.25, -0.2) is 9.78 Å². The van der Waals surface area contributed by atoms with E-state index in [9.17, 15) is 4.79 Å². The number of carboxylic acid groups (broad SMARTS) is 1. The van der Waals surface area contributed by atoms with Crippen LogP contribution in [0.15, 0.2) is 12.1 Å². The number of carboxylic acids is 1. The number of carbonyl (C=O) groups is 1. The van der Waals surface area contributed by atoms with E-state index in [4.69, 9.17) is 26.2 Å². The van der Waals surface area contributed by atoms with E-state index < -0.39 is 5.97 Å². The molecule has 1 atom stereocenters. The van der Waals surface area contributed by atoms with Crippen molar-refractivity contribution < 1.29 is 19.4 Å². The molecule has 1 unspecified atom stereocenters. The predicted molar refractivity (Wildman–Crippen MR) is 65.3 cm³/mol. The first kappa shape index (κ1) is 13.1. The maximum Gasteiger partial charge on any atom is 0.339 e. The number of hydrogen-bond acceptors (Lipinski definition) is 5. The largest absolute Gasteiger partial charge is 0.478 e. The Morgan fingerprint density at radius 1 is 1.56 bits per heavy atom. The van der Waals surface area contributed by atoms with E-state index in [0.717, 1.165) is 0 Å². The van der Waals surface area contributed by atoms with Crippen molar-refractivity contribution in [1.82, 2.24) is 4.98 Å². The topological polar surface area (TPSA) is 80.7 Å². The van der Waals surface area contributed by atoms with E-state index in [0.29, 0.717) is 26.4 Å². The highest BCUT2D eigenvalue weighted by Crippen LogP contribution is 2.17. The summed E-state index contributed by atoms with van der Waals surface area (Å²) in [4.78, 5) is 15.0. The number of aromatic nitrogens is 1. The molecule has 6 nitrogen and oxygen atoms in total. The molecule has 2 rings (SSSR count). The van der Waals surface area contributed by atoms with Crippen LogP contribution in [-0.4, -0.2) is 48.5 Å². The van der Waals surface area contributed by atoms with Gasteiger partial charge in [0, 0.05) is 6.54 Å². The second-order valence-corrected chi connectivity index (χ2v) is 4.17. The molecule has 0 radical (unpaired) electrons. The molecule has 1 aromatic heterocycles. The fourth-order valence-electron chi connectivity index (χ4n) is 1.61. The van der Waals surface area contributed by atoms with Crippen molar-refractivity contribution in [3.8, 4) is 0 Å². The molecule has 7 heteroatoms. The monoisotopic (exact) mass is 272 g/mol. The summed E-state index contributed by atoms with van der Waals surface area (Å²) in [7, 11) is 0. The number of pyridine rings is 1. The van der Waals surface area contributed by atoms with Crippen LogP contribution in [0.1, 0.15) is 10.4 Å². The third kappa shape index (κ3) is 3.32. The highest BCUT2D eigenvalue weighted by Gasteiger charge is 2.17. The maximum absolute atomic E-state index is 11.0. The SMILES string of the molecule is O=C(O)c1ccc(Cl)nc1NCC1COCCO1. The van der Waals surface area contributed by atoms with Crippen molar-refractivity contribution in [2.24, 2.45) is 0 Å². The van der Waals surface area contributed by atoms with Gasteiger partial charge in [0.25, 0.3) is 0 Å². The van der Waals surface area contributed by atoms with Crippen molar-refractivity contribution in [1.29, 1.82) is 0 Å². The fraction of sp³-hybridized carbons (Fsp3) is 0.455. The van der Waals surface area contributed by atoms with Gasteiger partial charge in [0.15, 0.2) is 0 Å². The van der Waals surface area contributed by atoms with Crippen LogP contribution in [0.25, 0.3) is 0 Å². The van der Waals surface area contributed by atoms with Crippen molar-refractivity contribution >= 4 is 23.4 Å². The van der Waals surface area contributed by atoms with Gasteiger partial charge < -0.3 is 19.9 Å². The first-order valence-electron chi connectivity index (χ1n) is 5.50. The molecule has 1 aliphatic heterocycles. The summed E-state index contributed by atoms with van der Waals surface area (Å²) in [6.07, 6.45) is -0.110. The Labute approximate surface area is 109 Å². The lowest BCUT2D eigenvalue weighted by Crippen LogP contribution is -2.34. The van der Waals surface area contributed by atoms with Crippen molar-refractivity contribution in [3.05, 3.63) is 22.8 Å². The summed E-state index contributed by atoms with van der Waals surface area (Å²) in [5.41, 5.74) is 0.0797. The van der Waals surface area contributed by atoms with E-state index in [1.807, 2.05) is 0 Å². The van der Waals surface area contributed by atoms with E-state index in [-0.39, 0.29) is 22.6 Å². The number of rotatable bonds is 4. The summed E-state index contributed by atoms with van der Waals surface area (Å²) in [6, 6.07) is 2.86. The lowest BCUT2D eigenvalue weighted by molar-refractivity contribution is -0.0819. The van der Waals surface area contributed by atoms with E-state index >= 15 is 0 Å². The summed E-state index contributed by atoms with van der Waals surface area (Å²) in [6.45, 7) is 2.04. The molecule has 1 aliphatic rings. The summed E-state index contributed by atoms with van der Waals surface area (Å²) in [5, 5.41) is 12.2. The quantitative estimate of drug-likeness (QED) is 0.803. The first-order chi connectivity index (χ1) is 8.66. The Kier molecular flexibility index (Phi) is 4.35. The molecule has 0 spiro atoms. The van der Waals surface area contributed by atoms with E-state index in [1.165, 1.54) is 12.1 Å². The molecule has 2 heterocycles. The van der Waals surface area contributed by atoms with Gasteiger partial charge in [-0.05, 0) is 12.1 Å². The van der Waals surface area contributed by atoms with Crippen LogP contribution in [0.2, 0.25) is 5.15 Å². The average Bonchev–Trinajstić information content (AvgIpc) is 2.37. The predicted octanol–water partition coefficient (Wildman–Crippen LogP) is 1.26. The Bertz CT molecular complexity index is 435. The third-order valence-corrected chi connectivity index (χ3v) is 2.68. The fourth-order valence-corrected chi connectivity index (χ4v) is 1.76. The highest BCUT2D eigenvalue weighted by atomic mass is 35.5. The Morgan fingerprint density at radius 2 is 2.39 bits per heavy atom. The van der Waals surface area contributed by atoms with Gasteiger partial charge >= 0.3 is 5.97 Å². The number of hydrogen-bond donors (Lipinski definition) is 2. The molecule has 2 N–H and O–H groups in total. The van der Waals surface area contributed by atoms with Crippen LogP contribution < -0.4 is 5.32 Å². The molecule has 18 heavy (non-hydrogen) atoms. The first-order valence-corrected chi connectivity index (χ1v) is 5.87. The van der Waals surface area contributed by atoms with Gasteiger partial charge in [0.2, 0.25) is 0 Å². The second-order valence-electron chi connectivity index (χ2n) is 3.78. The molecule has 0 amide bonds. The number of aromatic carboxylic acids is 1. The number of halogens is 1. The molecular formula is C11H13ClN2O4. The van der Waals surface area contributed by atoms with Gasteiger partial charge in [-0.15, -0.1) is 0 Å². The third-order valence-electron chi connectivity index (χ3n) is 2.47. The maximum atomic E-state index is 11.0. The van der Waals surface area contributed by atoms with E-state index in [2.05, 4.69) is 10.3 Å². The minimum absolute atomic E-state index is 0.0797. The molecule has 0 bridgehead atoms. The summed E-state index contributed by atoms with van der Waals surface area (Å²) >= 11 is 5.74. The minimum atomic E-state index is -1.05. The van der Waals surface area contributed by atoms with E-state index in [1.54, 1.807) is 0 Å². The van der Waals surface area contributed by atoms with Crippen LogP contribution >= 0.6 is 11.6 Å². The molecule has 0 aliphatic carbocycles. The molecule has 1 fully saturated rings. The molecular weight excluding hydrogens is 260 g/mol. The zero-order valence-electron chi connectivity index (χ0n) is 9.56. The Hall–Kier alpha value is -1.37. The highest BCUT2D eigenvalue weighted by molar-refractivity contribution is 6.29. The lowest BCUT2D eigenvalue weighted by atomic mass is 10.2.